The number of aromatic nitrogens is 3. The van der Waals surface area contributed by atoms with E-state index in [1.54, 1.807) is 0 Å². The summed E-state index contributed by atoms with van der Waals surface area (Å²) in [5, 5.41) is 8.34. The summed E-state index contributed by atoms with van der Waals surface area (Å²) in [5.41, 5.74) is 4.92. The van der Waals surface area contributed by atoms with E-state index < -0.39 is 0 Å². The van der Waals surface area contributed by atoms with Gasteiger partial charge in [-0.05, 0) is 31.6 Å². The summed E-state index contributed by atoms with van der Waals surface area (Å²) < 4.78 is 2.12. The summed E-state index contributed by atoms with van der Waals surface area (Å²) in [6.07, 6.45) is 4.81. The zero-order chi connectivity index (χ0) is 15.1. The number of hydrogen-bond donors (Lipinski definition) is 1. The minimum absolute atomic E-state index is 0.439. The van der Waals surface area contributed by atoms with Crippen LogP contribution in [0.5, 0.6) is 0 Å². The molecule has 0 amide bonds. The van der Waals surface area contributed by atoms with Gasteiger partial charge in [-0.25, -0.2) is 4.98 Å². The Morgan fingerprint density at radius 1 is 1.14 bits per heavy atom. The van der Waals surface area contributed by atoms with Crippen molar-refractivity contribution in [3.05, 3.63) is 23.0 Å². The second-order valence-corrected chi connectivity index (χ2v) is 6.80. The number of nitrogens with one attached hydrogen (secondary N) is 1. The van der Waals surface area contributed by atoms with Gasteiger partial charge < -0.3 is 10.2 Å². The maximum atomic E-state index is 4.93. The van der Waals surface area contributed by atoms with Gasteiger partial charge in [0.15, 0.2) is 5.65 Å². The van der Waals surface area contributed by atoms with Gasteiger partial charge in [0.25, 0.3) is 0 Å². The lowest BCUT2D eigenvalue weighted by Crippen LogP contribution is -2.45. The minimum Gasteiger partial charge on any atom is -0.354 e. The molecule has 1 fully saturated rings. The number of anilines is 1. The Kier molecular flexibility index (Phi) is 3.53. The molecule has 5 nitrogen and oxygen atoms in total. The van der Waals surface area contributed by atoms with E-state index in [0.717, 1.165) is 50.4 Å². The van der Waals surface area contributed by atoms with Gasteiger partial charge in [-0.2, -0.15) is 9.61 Å². The lowest BCUT2D eigenvalue weighted by Gasteiger charge is -2.32. The fraction of sp³-hybridized carbons (Fsp3) is 0.647. The molecular weight excluding hydrogens is 274 g/mol. The van der Waals surface area contributed by atoms with Crippen LogP contribution in [0.3, 0.4) is 0 Å². The van der Waals surface area contributed by atoms with E-state index in [2.05, 4.69) is 34.6 Å². The molecule has 0 bridgehead atoms. The van der Waals surface area contributed by atoms with Crippen molar-refractivity contribution in [3.8, 4) is 0 Å². The van der Waals surface area contributed by atoms with Crippen LogP contribution in [0.4, 0.5) is 5.82 Å². The molecule has 5 heteroatoms. The molecule has 118 valence electrons. The molecule has 2 aromatic rings. The highest BCUT2D eigenvalue weighted by Crippen LogP contribution is 2.31. The molecule has 3 heterocycles. The van der Waals surface area contributed by atoms with Crippen LogP contribution in [0, 0.1) is 0 Å². The van der Waals surface area contributed by atoms with E-state index in [9.17, 15) is 0 Å². The van der Waals surface area contributed by atoms with E-state index in [1.165, 1.54) is 29.9 Å². The maximum Gasteiger partial charge on any atom is 0.157 e. The van der Waals surface area contributed by atoms with Crippen molar-refractivity contribution < 1.29 is 0 Å². The average Bonchev–Trinajstić information content (AvgIpc) is 2.97. The predicted molar refractivity (Wildman–Crippen MR) is 88.8 cm³/mol. The molecule has 1 N–H and O–H groups in total. The van der Waals surface area contributed by atoms with Gasteiger partial charge >= 0.3 is 0 Å². The first-order valence-corrected chi connectivity index (χ1v) is 8.61. The molecule has 0 spiro atoms. The van der Waals surface area contributed by atoms with E-state index in [0.29, 0.717) is 5.92 Å². The fourth-order valence-corrected chi connectivity index (χ4v) is 3.63. The van der Waals surface area contributed by atoms with Gasteiger partial charge in [0.05, 0.1) is 5.69 Å². The molecule has 1 saturated heterocycles. The number of piperazine rings is 1. The van der Waals surface area contributed by atoms with Crippen LogP contribution in [0.2, 0.25) is 0 Å². The molecule has 0 aromatic carbocycles. The van der Waals surface area contributed by atoms with E-state index >= 15 is 0 Å². The normalized spacial score (nSPS) is 19.0. The molecule has 1 aliphatic carbocycles. The summed E-state index contributed by atoms with van der Waals surface area (Å²) in [4.78, 5) is 7.44. The van der Waals surface area contributed by atoms with Crippen LogP contribution in [0.25, 0.3) is 5.65 Å². The quantitative estimate of drug-likeness (QED) is 0.923. The van der Waals surface area contributed by atoms with Crippen LogP contribution < -0.4 is 10.2 Å². The van der Waals surface area contributed by atoms with E-state index in [-0.39, 0.29) is 0 Å². The van der Waals surface area contributed by atoms with Crippen LogP contribution in [0.15, 0.2) is 6.07 Å². The van der Waals surface area contributed by atoms with Gasteiger partial charge in [0, 0.05) is 43.5 Å². The third-order valence-electron chi connectivity index (χ3n) is 4.88. The molecule has 1 aliphatic heterocycles. The zero-order valence-electron chi connectivity index (χ0n) is 13.6. The molecule has 22 heavy (non-hydrogen) atoms. The van der Waals surface area contributed by atoms with Gasteiger partial charge in [-0.15, -0.1) is 0 Å². The van der Waals surface area contributed by atoms with Crippen molar-refractivity contribution in [2.24, 2.45) is 0 Å². The van der Waals surface area contributed by atoms with Gasteiger partial charge in [-0.3, -0.25) is 0 Å². The van der Waals surface area contributed by atoms with Crippen molar-refractivity contribution in [2.45, 2.75) is 45.4 Å². The van der Waals surface area contributed by atoms with Gasteiger partial charge in [-0.1, -0.05) is 13.8 Å². The van der Waals surface area contributed by atoms with Gasteiger partial charge in [0.1, 0.15) is 5.82 Å². The standard InChI is InChI=1S/C17H25N5/c1-12(2)15-11-16-19-14-6-4-3-5-13(14)17(22(16)20-15)21-9-7-18-8-10-21/h11-12,18H,3-10H2,1-2H3. The first-order valence-electron chi connectivity index (χ1n) is 8.61. The molecule has 0 unspecified atom stereocenters. The highest BCUT2D eigenvalue weighted by atomic mass is 15.4. The number of fused-ring (bicyclic) bond motifs is 2. The topological polar surface area (TPSA) is 45.5 Å². The van der Waals surface area contributed by atoms with Crippen molar-refractivity contribution >= 4 is 11.5 Å². The Bertz CT molecular complexity index is 682. The van der Waals surface area contributed by atoms with Crippen molar-refractivity contribution in [2.75, 3.05) is 31.1 Å². The summed E-state index contributed by atoms with van der Waals surface area (Å²) in [7, 11) is 0. The Labute approximate surface area is 131 Å². The van der Waals surface area contributed by atoms with Crippen LogP contribution in [-0.2, 0) is 12.8 Å². The van der Waals surface area contributed by atoms with Crippen molar-refractivity contribution in [3.63, 3.8) is 0 Å². The largest absolute Gasteiger partial charge is 0.354 e. The lowest BCUT2D eigenvalue weighted by atomic mass is 9.96. The third-order valence-corrected chi connectivity index (χ3v) is 4.88. The molecule has 0 atom stereocenters. The highest BCUT2D eigenvalue weighted by Gasteiger charge is 2.24. The Balaban J connectivity index is 1.92. The van der Waals surface area contributed by atoms with Gasteiger partial charge in [0.2, 0.25) is 0 Å². The second kappa shape index (κ2) is 5.54. The molecule has 0 radical (unpaired) electrons. The molecule has 2 aromatic heterocycles. The highest BCUT2D eigenvalue weighted by molar-refractivity contribution is 5.59. The monoisotopic (exact) mass is 299 g/mol. The first-order chi connectivity index (χ1) is 10.7. The second-order valence-electron chi connectivity index (χ2n) is 6.80. The van der Waals surface area contributed by atoms with Crippen LogP contribution >= 0.6 is 0 Å². The number of rotatable bonds is 2. The predicted octanol–water partition coefficient (Wildman–Crippen LogP) is 2.14. The lowest BCUT2D eigenvalue weighted by molar-refractivity contribution is 0.570. The Morgan fingerprint density at radius 2 is 1.91 bits per heavy atom. The van der Waals surface area contributed by atoms with Crippen LogP contribution in [0.1, 0.15) is 49.6 Å². The molecule has 0 saturated carbocycles. The SMILES string of the molecule is CC(C)c1cc2nc3c(c(N4CCNCC4)n2n1)CCCC3. The van der Waals surface area contributed by atoms with E-state index in [1.807, 2.05) is 0 Å². The van der Waals surface area contributed by atoms with Crippen molar-refractivity contribution in [1.82, 2.24) is 19.9 Å². The molecule has 2 aliphatic rings. The number of hydrogen-bond acceptors (Lipinski definition) is 4. The summed E-state index contributed by atoms with van der Waals surface area (Å²) >= 11 is 0. The van der Waals surface area contributed by atoms with E-state index in [4.69, 9.17) is 10.1 Å². The summed E-state index contributed by atoms with van der Waals surface area (Å²) in [5.74, 6) is 1.75. The molecular formula is C17H25N5. The zero-order valence-corrected chi connectivity index (χ0v) is 13.6. The Morgan fingerprint density at radius 3 is 2.68 bits per heavy atom. The maximum absolute atomic E-state index is 4.93. The molecule has 4 rings (SSSR count). The number of nitrogens with zero attached hydrogens (tertiary/aromatic N) is 4. The van der Waals surface area contributed by atoms with Crippen molar-refractivity contribution in [1.29, 1.82) is 0 Å². The average molecular weight is 299 g/mol. The third kappa shape index (κ3) is 2.28. The van der Waals surface area contributed by atoms with Crippen LogP contribution in [-0.4, -0.2) is 40.8 Å². The minimum atomic E-state index is 0.439. The summed E-state index contributed by atoms with van der Waals surface area (Å²) in [6.45, 7) is 8.62. The fourth-order valence-electron chi connectivity index (χ4n) is 3.63. The number of aryl methyl sites for hydroxylation is 1. The summed E-state index contributed by atoms with van der Waals surface area (Å²) in [6, 6.07) is 2.17. The first kappa shape index (κ1) is 14.0. The Hall–Kier alpha value is -1.62. The smallest absolute Gasteiger partial charge is 0.157 e.